The second-order valence-electron chi connectivity index (χ2n) is 3.08. The summed E-state index contributed by atoms with van der Waals surface area (Å²) in [5.41, 5.74) is 3.69. The quantitative estimate of drug-likeness (QED) is 0.478. The number of hydrogen-bond acceptors (Lipinski definition) is 5. The SMILES string of the molecule is CCOC(=O)/C(C=NC)=N/Nc1ccccc1. The van der Waals surface area contributed by atoms with E-state index in [1.807, 2.05) is 30.3 Å². The smallest absolute Gasteiger partial charge is 0.360 e. The molecule has 1 N–H and O–H groups in total. The fraction of sp³-hybridized carbons (Fsp3) is 0.250. The minimum atomic E-state index is -0.499. The molecule has 0 aromatic heterocycles. The van der Waals surface area contributed by atoms with Gasteiger partial charge in [-0.3, -0.25) is 10.4 Å². The fourth-order valence-corrected chi connectivity index (χ4v) is 1.09. The molecule has 0 aliphatic heterocycles. The zero-order valence-electron chi connectivity index (χ0n) is 9.88. The second-order valence-corrected chi connectivity index (χ2v) is 3.08. The molecule has 0 saturated carbocycles. The summed E-state index contributed by atoms with van der Waals surface area (Å²) < 4.78 is 4.84. The Bertz CT molecular complexity index is 413. The minimum absolute atomic E-state index is 0.137. The fourth-order valence-electron chi connectivity index (χ4n) is 1.09. The predicted molar refractivity (Wildman–Crippen MR) is 68.5 cm³/mol. The summed E-state index contributed by atoms with van der Waals surface area (Å²) in [4.78, 5) is 15.2. The highest BCUT2D eigenvalue weighted by atomic mass is 16.5. The van der Waals surface area contributed by atoms with Crippen LogP contribution in [0.25, 0.3) is 0 Å². The monoisotopic (exact) mass is 233 g/mol. The highest BCUT2D eigenvalue weighted by Crippen LogP contribution is 2.04. The Hall–Kier alpha value is -2.17. The van der Waals surface area contributed by atoms with Gasteiger partial charge in [0, 0.05) is 7.05 Å². The second kappa shape index (κ2) is 7.16. The maximum absolute atomic E-state index is 11.5. The molecule has 0 heterocycles. The van der Waals surface area contributed by atoms with Crippen molar-refractivity contribution >= 4 is 23.6 Å². The Morgan fingerprint density at radius 3 is 2.71 bits per heavy atom. The predicted octanol–water partition coefficient (Wildman–Crippen LogP) is 1.72. The van der Waals surface area contributed by atoms with Crippen molar-refractivity contribution in [1.82, 2.24) is 0 Å². The molecule has 0 fully saturated rings. The molecule has 5 nitrogen and oxygen atoms in total. The van der Waals surface area contributed by atoms with Crippen LogP contribution < -0.4 is 5.43 Å². The molecular weight excluding hydrogens is 218 g/mol. The van der Waals surface area contributed by atoms with E-state index in [1.54, 1.807) is 14.0 Å². The van der Waals surface area contributed by atoms with Crippen LogP contribution in [-0.4, -0.2) is 31.6 Å². The average molecular weight is 233 g/mol. The molecule has 0 aliphatic carbocycles. The van der Waals surface area contributed by atoms with Crippen LogP contribution in [0.4, 0.5) is 5.69 Å². The molecule has 0 unspecified atom stereocenters. The standard InChI is InChI=1S/C12H15N3O2/c1-3-17-12(16)11(9-13-2)15-14-10-7-5-4-6-8-10/h4-9,14H,3H2,1-2H3/b13-9?,15-11+. The van der Waals surface area contributed by atoms with Crippen LogP contribution >= 0.6 is 0 Å². The summed E-state index contributed by atoms with van der Waals surface area (Å²) in [5.74, 6) is -0.499. The lowest BCUT2D eigenvalue weighted by molar-refractivity contribution is -0.134. The number of hydrazone groups is 1. The summed E-state index contributed by atoms with van der Waals surface area (Å²) in [6.07, 6.45) is 1.36. The molecule has 1 aromatic carbocycles. The lowest BCUT2D eigenvalue weighted by atomic mass is 10.3. The number of aliphatic imine (C=N–C) groups is 1. The third-order valence-corrected chi connectivity index (χ3v) is 1.82. The van der Waals surface area contributed by atoms with Crippen LogP contribution in [0.3, 0.4) is 0 Å². The molecule has 90 valence electrons. The molecule has 0 bridgehead atoms. The zero-order valence-corrected chi connectivity index (χ0v) is 9.88. The maximum atomic E-state index is 11.5. The zero-order chi connectivity index (χ0) is 12.5. The Labute approximate surface area is 100 Å². The van der Waals surface area contributed by atoms with Crippen molar-refractivity contribution in [3.63, 3.8) is 0 Å². The van der Waals surface area contributed by atoms with Gasteiger partial charge in [-0.2, -0.15) is 5.10 Å². The molecule has 0 spiro atoms. The molecular formula is C12H15N3O2. The van der Waals surface area contributed by atoms with Crippen LogP contribution in [0.2, 0.25) is 0 Å². The number of carbonyl (C=O) groups is 1. The topological polar surface area (TPSA) is 63.0 Å². The summed E-state index contributed by atoms with van der Waals surface area (Å²) in [5, 5.41) is 3.95. The van der Waals surface area contributed by atoms with Crippen LogP contribution in [0, 0.1) is 0 Å². The average Bonchev–Trinajstić information content (AvgIpc) is 2.36. The van der Waals surface area contributed by atoms with Gasteiger partial charge < -0.3 is 4.74 Å². The van der Waals surface area contributed by atoms with Gasteiger partial charge in [0.15, 0.2) is 5.71 Å². The van der Waals surface area contributed by atoms with E-state index in [0.717, 1.165) is 5.69 Å². The third kappa shape index (κ3) is 4.46. The molecule has 0 amide bonds. The molecule has 1 aromatic rings. The number of ether oxygens (including phenoxy) is 1. The number of carbonyl (C=O) groups excluding carboxylic acids is 1. The van der Waals surface area contributed by atoms with Crippen LogP contribution in [0.15, 0.2) is 40.4 Å². The minimum Gasteiger partial charge on any atom is -0.461 e. The molecule has 0 radical (unpaired) electrons. The largest absolute Gasteiger partial charge is 0.461 e. The van der Waals surface area contributed by atoms with Crippen LogP contribution in [0.5, 0.6) is 0 Å². The highest BCUT2D eigenvalue weighted by molar-refractivity contribution is 6.59. The van der Waals surface area contributed by atoms with Gasteiger partial charge in [0.05, 0.1) is 18.5 Å². The van der Waals surface area contributed by atoms with E-state index in [0.29, 0.717) is 6.61 Å². The molecule has 5 heteroatoms. The first-order valence-corrected chi connectivity index (χ1v) is 5.26. The van der Waals surface area contributed by atoms with Gasteiger partial charge in [-0.1, -0.05) is 18.2 Å². The van der Waals surface area contributed by atoms with E-state index in [4.69, 9.17) is 4.74 Å². The molecule has 1 rings (SSSR count). The number of nitrogens with one attached hydrogen (secondary N) is 1. The van der Waals surface area contributed by atoms with E-state index in [9.17, 15) is 4.79 Å². The van der Waals surface area contributed by atoms with Crippen molar-refractivity contribution in [2.24, 2.45) is 10.1 Å². The van der Waals surface area contributed by atoms with E-state index in [-0.39, 0.29) is 5.71 Å². The van der Waals surface area contributed by atoms with Crippen molar-refractivity contribution in [3.8, 4) is 0 Å². The molecule has 0 saturated heterocycles. The van der Waals surface area contributed by atoms with Gasteiger partial charge in [-0.05, 0) is 19.1 Å². The number of hydrogen-bond donors (Lipinski definition) is 1. The van der Waals surface area contributed by atoms with Gasteiger partial charge in [0.2, 0.25) is 0 Å². The summed E-state index contributed by atoms with van der Waals surface area (Å²) in [7, 11) is 1.57. The van der Waals surface area contributed by atoms with Crippen molar-refractivity contribution in [2.45, 2.75) is 6.92 Å². The number of rotatable bonds is 5. The summed E-state index contributed by atoms with van der Waals surface area (Å²) >= 11 is 0. The normalized spacial score (nSPS) is 11.5. The van der Waals surface area contributed by atoms with E-state index < -0.39 is 5.97 Å². The lowest BCUT2D eigenvalue weighted by Gasteiger charge is -2.03. The van der Waals surface area contributed by atoms with Gasteiger partial charge >= 0.3 is 5.97 Å². The van der Waals surface area contributed by atoms with Crippen molar-refractivity contribution in [2.75, 3.05) is 19.1 Å². The first kappa shape index (κ1) is 12.9. The van der Waals surface area contributed by atoms with Crippen LogP contribution in [-0.2, 0) is 9.53 Å². The van der Waals surface area contributed by atoms with E-state index in [1.165, 1.54) is 6.21 Å². The van der Waals surface area contributed by atoms with Gasteiger partial charge in [-0.15, -0.1) is 0 Å². The Balaban J connectivity index is 2.74. The first-order chi connectivity index (χ1) is 8.27. The Kier molecular flexibility index (Phi) is 5.43. The number of benzene rings is 1. The number of nitrogens with zero attached hydrogens (tertiary/aromatic N) is 2. The Morgan fingerprint density at radius 2 is 2.12 bits per heavy atom. The summed E-state index contributed by atoms with van der Waals surface area (Å²) in [6, 6.07) is 9.32. The van der Waals surface area contributed by atoms with Crippen LogP contribution in [0.1, 0.15) is 6.92 Å². The lowest BCUT2D eigenvalue weighted by Crippen LogP contribution is -2.20. The van der Waals surface area contributed by atoms with E-state index in [2.05, 4.69) is 15.5 Å². The molecule has 0 atom stereocenters. The van der Waals surface area contributed by atoms with Gasteiger partial charge in [0.1, 0.15) is 0 Å². The molecule has 0 aliphatic rings. The molecule has 17 heavy (non-hydrogen) atoms. The van der Waals surface area contributed by atoms with Gasteiger partial charge in [0.25, 0.3) is 0 Å². The maximum Gasteiger partial charge on any atom is 0.360 e. The van der Waals surface area contributed by atoms with Crippen molar-refractivity contribution in [1.29, 1.82) is 0 Å². The summed E-state index contributed by atoms with van der Waals surface area (Å²) in [6.45, 7) is 2.05. The highest BCUT2D eigenvalue weighted by Gasteiger charge is 2.09. The van der Waals surface area contributed by atoms with Gasteiger partial charge in [-0.25, -0.2) is 4.79 Å². The van der Waals surface area contributed by atoms with Crippen molar-refractivity contribution in [3.05, 3.63) is 30.3 Å². The third-order valence-electron chi connectivity index (χ3n) is 1.82. The van der Waals surface area contributed by atoms with Crippen molar-refractivity contribution < 1.29 is 9.53 Å². The number of anilines is 1. The Morgan fingerprint density at radius 1 is 1.41 bits per heavy atom. The van der Waals surface area contributed by atoms with E-state index >= 15 is 0 Å². The first-order valence-electron chi connectivity index (χ1n) is 5.26. The number of para-hydroxylation sites is 1. The number of esters is 1.